The van der Waals surface area contributed by atoms with Gasteiger partial charge in [-0.25, -0.2) is 0 Å². The second kappa shape index (κ2) is 5.73. The Labute approximate surface area is 123 Å². The number of benzene rings is 1. The van der Waals surface area contributed by atoms with E-state index in [1.54, 1.807) is 6.92 Å². The summed E-state index contributed by atoms with van der Waals surface area (Å²) in [7, 11) is 0. The molecular weight excluding hydrogens is 270 g/mol. The fraction of sp³-hybridized carbons (Fsp3) is 0.467. The van der Waals surface area contributed by atoms with E-state index in [0.29, 0.717) is 6.54 Å². The summed E-state index contributed by atoms with van der Waals surface area (Å²) in [6.45, 7) is 3.16. The minimum absolute atomic E-state index is 0.271. The van der Waals surface area contributed by atoms with Gasteiger partial charge in [0.1, 0.15) is 5.92 Å². The number of carbonyl (C=O) groups is 2. The number of hydrogen-bond acceptors (Lipinski definition) is 5. The maximum atomic E-state index is 12.1. The zero-order valence-electron chi connectivity index (χ0n) is 12.0. The number of amides is 1. The average Bonchev–Trinajstić information content (AvgIpc) is 2.91. The maximum absolute atomic E-state index is 12.1. The van der Waals surface area contributed by atoms with E-state index in [1.165, 1.54) is 5.56 Å². The topological polar surface area (TPSA) is 70.7 Å². The molecule has 2 aliphatic rings. The third kappa shape index (κ3) is 2.58. The van der Waals surface area contributed by atoms with Crippen LogP contribution in [0.25, 0.3) is 0 Å². The van der Waals surface area contributed by atoms with E-state index in [2.05, 4.69) is 21.6 Å². The molecular formula is C15H19N3O3. The molecule has 2 unspecified atom stereocenters. The summed E-state index contributed by atoms with van der Waals surface area (Å²) in [4.78, 5) is 25.9. The second-order valence-electron chi connectivity index (χ2n) is 5.20. The lowest BCUT2D eigenvalue weighted by molar-refractivity contribution is -0.153. The van der Waals surface area contributed by atoms with Gasteiger partial charge in [-0.05, 0) is 25.0 Å². The Morgan fingerprint density at radius 2 is 2.24 bits per heavy atom. The summed E-state index contributed by atoms with van der Waals surface area (Å²) in [5.41, 5.74) is 2.41. The van der Waals surface area contributed by atoms with Gasteiger partial charge in [-0.15, -0.1) is 0 Å². The highest BCUT2D eigenvalue weighted by molar-refractivity contribution is 5.98. The van der Waals surface area contributed by atoms with Gasteiger partial charge >= 0.3 is 5.97 Å². The molecule has 1 saturated heterocycles. The minimum atomic E-state index is -0.765. The number of ether oxygens (including phenoxy) is 1. The fourth-order valence-electron chi connectivity index (χ4n) is 2.86. The van der Waals surface area contributed by atoms with Gasteiger partial charge in [-0.2, -0.15) is 0 Å². The third-order valence-corrected chi connectivity index (χ3v) is 3.92. The van der Waals surface area contributed by atoms with Crippen molar-refractivity contribution in [3.63, 3.8) is 0 Å². The van der Waals surface area contributed by atoms with Crippen molar-refractivity contribution in [2.24, 2.45) is 5.92 Å². The van der Waals surface area contributed by atoms with Crippen LogP contribution < -0.4 is 15.5 Å². The van der Waals surface area contributed by atoms with Crippen LogP contribution in [0.3, 0.4) is 0 Å². The van der Waals surface area contributed by atoms with E-state index in [-0.39, 0.29) is 18.8 Å². The zero-order valence-corrected chi connectivity index (χ0v) is 12.0. The molecule has 1 aromatic carbocycles. The molecule has 6 heteroatoms. The Morgan fingerprint density at radius 3 is 3.00 bits per heavy atom. The second-order valence-corrected chi connectivity index (χ2v) is 5.20. The minimum Gasteiger partial charge on any atom is -0.465 e. The first kappa shape index (κ1) is 13.9. The molecule has 0 spiro atoms. The van der Waals surface area contributed by atoms with E-state index in [1.807, 2.05) is 18.2 Å². The van der Waals surface area contributed by atoms with Gasteiger partial charge in [0, 0.05) is 18.8 Å². The van der Waals surface area contributed by atoms with Crippen molar-refractivity contribution in [3.05, 3.63) is 29.8 Å². The van der Waals surface area contributed by atoms with Crippen LogP contribution in [0, 0.1) is 5.92 Å². The summed E-state index contributed by atoms with van der Waals surface area (Å²) in [5, 5.41) is 6.08. The van der Waals surface area contributed by atoms with Crippen LogP contribution in [0.2, 0.25) is 0 Å². The predicted molar refractivity (Wildman–Crippen MR) is 77.5 cm³/mol. The molecule has 3 rings (SSSR count). The molecule has 21 heavy (non-hydrogen) atoms. The van der Waals surface area contributed by atoms with Crippen molar-refractivity contribution in [1.29, 1.82) is 0 Å². The number of nitrogens with zero attached hydrogens (tertiary/aromatic N) is 1. The summed E-state index contributed by atoms with van der Waals surface area (Å²) in [5.74, 6) is -1.51. The van der Waals surface area contributed by atoms with Crippen molar-refractivity contribution in [3.8, 4) is 0 Å². The van der Waals surface area contributed by atoms with Gasteiger partial charge < -0.3 is 15.0 Å². The number of anilines is 1. The van der Waals surface area contributed by atoms with Crippen LogP contribution in [-0.4, -0.2) is 37.9 Å². The van der Waals surface area contributed by atoms with Crippen molar-refractivity contribution in [1.82, 2.24) is 10.6 Å². The summed E-state index contributed by atoms with van der Waals surface area (Å²) in [6.07, 6.45) is 0.692. The summed E-state index contributed by atoms with van der Waals surface area (Å²) >= 11 is 0. The first-order chi connectivity index (χ1) is 10.2. The molecule has 1 aromatic rings. The van der Waals surface area contributed by atoms with E-state index in [4.69, 9.17) is 4.74 Å². The number of carbonyl (C=O) groups excluding carboxylic acids is 2. The molecule has 2 atom stereocenters. The van der Waals surface area contributed by atoms with Crippen LogP contribution in [-0.2, 0) is 20.7 Å². The Hall–Kier alpha value is -2.08. The molecule has 2 aliphatic heterocycles. The molecule has 6 nitrogen and oxygen atoms in total. The molecule has 1 amide bonds. The van der Waals surface area contributed by atoms with Crippen LogP contribution in [0.5, 0.6) is 0 Å². The van der Waals surface area contributed by atoms with Gasteiger partial charge in [0.2, 0.25) is 5.91 Å². The number of para-hydroxylation sites is 1. The lowest BCUT2D eigenvalue weighted by Crippen LogP contribution is -2.64. The van der Waals surface area contributed by atoms with Gasteiger partial charge in [0.25, 0.3) is 0 Å². The lowest BCUT2D eigenvalue weighted by atomic mass is 10.1. The first-order valence-corrected chi connectivity index (χ1v) is 7.25. The van der Waals surface area contributed by atoms with Crippen molar-refractivity contribution < 1.29 is 14.3 Å². The van der Waals surface area contributed by atoms with E-state index in [9.17, 15) is 9.59 Å². The monoisotopic (exact) mass is 289 g/mol. The Balaban J connectivity index is 1.68. The van der Waals surface area contributed by atoms with Crippen molar-refractivity contribution in [2.45, 2.75) is 19.6 Å². The largest absolute Gasteiger partial charge is 0.465 e. The standard InChI is InChI=1S/C15H19N3O3/c1-2-21-14(20)11-9-16-15(17-13(11)19)18-8-7-10-5-3-4-6-12(10)18/h3-6,11,15-16H,2,7-9H2,1H3,(H,17,19). The van der Waals surface area contributed by atoms with E-state index in [0.717, 1.165) is 18.7 Å². The van der Waals surface area contributed by atoms with Gasteiger partial charge in [-0.1, -0.05) is 18.2 Å². The molecule has 112 valence electrons. The SMILES string of the molecule is CCOC(=O)C1CNC(N2CCc3ccccc32)NC1=O. The smallest absolute Gasteiger partial charge is 0.319 e. The molecule has 0 saturated carbocycles. The highest BCUT2D eigenvalue weighted by Crippen LogP contribution is 2.28. The van der Waals surface area contributed by atoms with Gasteiger partial charge in [0.05, 0.1) is 6.61 Å². The first-order valence-electron chi connectivity index (χ1n) is 7.25. The van der Waals surface area contributed by atoms with Crippen molar-refractivity contribution in [2.75, 3.05) is 24.6 Å². The normalized spacial score (nSPS) is 24.4. The predicted octanol–water partition coefficient (Wildman–Crippen LogP) is 0.231. The molecule has 2 heterocycles. The Kier molecular flexibility index (Phi) is 3.79. The highest BCUT2D eigenvalue weighted by Gasteiger charge is 2.37. The quantitative estimate of drug-likeness (QED) is 0.616. The third-order valence-electron chi connectivity index (χ3n) is 3.92. The number of rotatable bonds is 3. The van der Waals surface area contributed by atoms with Crippen LogP contribution in [0.15, 0.2) is 24.3 Å². The van der Waals surface area contributed by atoms with Crippen molar-refractivity contribution >= 4 is 17.6 Å². The van der Waals surface area contributed by atoms with E-state index >= 15 is 0 Å². The molecule has 0 aromatic heterocycles. The van der Waals surface area contributed by atoms with Crippen LogP contribution >= 0.6 is 0 Å². The average molecular weight is 289 g/mol. The fourth-order valence-corrected chi connectivity index (χ4v) is 2.86. The summed E-state index contributed by atoms with van der Waals surface area (Å²) < 4.78 is 4.92. The molecule has 0 radical (unpaired) electrons. The highest BCUT2D eigenvalue weighted by atomic mass is 16.5. The zero-order chi connectivity index (χ0) is 14.8. The Bertz CT molecular complexity index is 561. The van der Waals surface area contributed by atoms with Crippen LogP contribution in [0.1, 0.15) is 12.5 Å². The van der Waals surface area contributed by atoms with Gasteiger partial charge in [0.15, 0.2) is 6.29 Å². The molecule has 2 N–H and O–H groups in total. The van der Waals surface area contributed by atoms with E-state index < -0.39 is 11.9 Å². The number of nitrogens with one attached hydrogen (secondary N) is 2. The molecule has 0 bridgehead atoms. The maximum Gasteiger partial charge on any atom is 0.319 e. The Morgan fingerprint density at radius 1 is 1.43 bits per heavy atom. The number of fused-ring (bicyclic) bond motifs is 1. The number of hydrogen-bond donors (Lipinski definition) is 2. The van der Waals surface area contributed by atoms with Crippen LogP contribution in [0.4, 0.5) is 5.69 Å². The lowest BCUT2D eigenvalue weighted by Gasteiger charge is -2.36. The number of esters is 1. The molecule has 0 aliphatic carbocycles. The van der Waals surface area contributed by atoms with Gasteiger partial charge in [-0.3, -0.25) is 14.9 Å². The molecule has 1 fully saturated rings. The summed E-state index contributed by atoms with van der Waals surface area (Å²) in [6, 6.07) is 8.16.